The molecule has 0 spiro atoms. The SMILES string of the molecule is C=Cc1cc(C(C)(C)CCCCCC)cc(C)c1[C@H]1C=C(C(=C)C)C2CC1C2(C)C. The van der Waals surface area contributed by atoms with Crippen LogP contribution in [0.2, 0.25) is 0 Å². The van der Waals surface area contributed by atoms with E-state index in [9.17, 15) is 0 Å². The van der Waals surface area contributed by atoms with Crippen LogP contribution in [0.25, 0.3) is 6.08 Å². The molecule has 4 rings (SSSR count). The van der Waals surface area contributed by atoms with E-state index in [-0.39, 0.29) is 5.41 Å². The summed E-state index contributed by atoms with van der Waals surface area (Å²) in [5.74, 6) is 1.88. The van der Waals surface area contributed by atoms with Crippen molar-refractivity contribution in [3.63, 3.8) is 0 Å². The Bertz CT molecular complexity index is 845. The Morgan fingerprint density at radius 3 is 2.47 bits per heavy atom. The highest BCUT2D eigenvalue weighted by atomic mass is 14.6. The van der Waals surface area contributed by atoms with E-state index in [4.69, 9.17) is 0 Å². The second-order valence-electron chi connectivity index (χ2n) is 11.3. The molecule has 3 aliphatic rings. The van der Waals surface area contributed by atoms with E-state index in [0.717, 1.165) is 5.92 Å². The number of allylic oxidation sites excluding steroid dienone is 3. The zero-order chi connectivity index (χ0) is 22.3. The van der Waals surface area contributed by atoms with E-state index in [1.807, 2.05) is 0 Å². The van der Waals surface area contributed by atoms with Crippen LogP contribution in [0.3, 0.4) is 0 Å². The van der Waals surface area contributed by atoms with Gasteiger partial charge in [0, 0.05) is 5.92 Å². The molecule has 1 fully saturated rings. The molecular weight excluding hydrogens is 360 g/mol. The van der Waals surface area contributed by atoms with E-state index in [1.54, 1.807) is 0 Å². The summed E-state index contributed by atoms with van der Waals surface area (Å²) in [6, 6.07) is 4.93. The predicted molar refractivity (Wildman–Crippen MR) is 134 cm³/mol. The number of hydrogen-bond donors (Lipinski definition) is 0. The lowest BCUT2D eigenvalue weighted by Crippen LogP contribution is -2.51. The van der Waals surface area contributed by atoms with Crippen LogP contribution in [-0.4, -0.2) is 0 Å². The van der Waals surface area contributed by atoms with E-state index in [0.29, 0.717) is 17.3 Å². The molecule has 0 heteroatoms. The van der Waals surface area contributed by atoms with Crippen LogP contribution in [0, 0.1) is 24.2 Å². The van der Waals surface area contributed by atoms with Crippen molar-refractivity contribution in [2.45, 2.75) is 98.3 Å². The topological polar surface area (TPSA) is 0 Å². The van der Waals surface area contributed by atoms with Gasteiger partial charge in [-0.1, -0.05) is 103 Å². The van der Waals surface area contributed by atoms with Crippen LogP contribution < -0.4 is 0 Å². The molecular formula is C30H44. The van der Waals surface area contributed by atoms with Crippen molar-refractivity contribution in [1.29, 1.82) is 0 Å². The molecule has 2 bridgehead atoms. The number of rotatable bonds is 9. The average molecular weight is 405 g/mol. The fourth-order valence-corrected chi connectivity index (χ4v) is 6.23. The van der Waals surface area contributed by atoms with Gasteiger partial charge in [0.05, 0.1) is 0 Å². The maximum atomic E-state index is 4.31. The van der Waals surface area contributed by atoms with Crippen molar-refractivity contribution in [3.05, 3.63) is 64.8 Å². The Hall–Kier alpha value is -1.56. The average Bonchev–Trinajstić information content (AvgIpc) is 2.69. The van der Waals surface area contributed by atoms with Gasteiger partial charge in [0.15, 0.2) is 0 Å². The number of fused-ring (bicyclic) bond motifs is 1. The molecule has 164 valence electrons. The van der Waals surface area contributed by atoms with Crippen molar-refractivity contribution < 1.29 is 0 Å². The Balaban J connectivity index is 1.98. The van der Waals surface area contributed by atoms with Gasteiger partial charge in [-0.05, 0) is 77.2 Å². The monoisotopic (exact) mass is 404 g/mol. The van der Waals surface area contributed by atoms with Crippen LogP contribution in [0.5, 0.6) is 0 Å². The normalized spacial score (nSPS) is 24.8. The Labute approximate surface area is 186 Å². The highest BCUT2D eigenvalue weighted by Gasteiger charge is 2.55. The highest BCUT2D eigenvalue weighted by molar-refractivity contribution is 5.60. The number of benzene rings is 1. The fourth-order valence-electron chi connectivity index (χ4n) is 6.23. The Morgan fingerprint density at radius 1 is 1.20 bits per heavy atom. The van der Waals surface area contributed by atoms with Crippen molar-refractivity contribution in [2.75, 3.05) is 0 Å². The van der Waals surface area contributed by atoms with Crippen molar-refractivity contribution in [3.8, 4) is 0 Å². The molecule has 0 heterocycles. The van der Waals surface area contributed by atoms with Gasteiger partial charge in [-0.2, -0.15) is 0 Å². The fraction of sp³-hybridized carbons (Fsp3) is 0.600. The molecule has 0 amide bonds. The van der Waals surface area contributed by atoms with E-state index in [2.05, 4.69) is 85.9 Å². The quantitative estimate of drug-likeness (QED) is 0.360. The largest absolute Gasteiger partial charge is 0.0985 e. The van der Waals surface area contributed by atoms with Crippen molar-refractivity contribution in [2.24, 2.45) is 17.3 Å². The zero-order valence-electron chi connectivity index (χ0n) is 20.7. The molecule has 0 aliphatic heterocycles. The van der Waals surface area contributed by atoms with Gasteiger partial charge in [-0.15, -0.1) is 0 Å². The Morgan fingerprint density at radius 2 is 1.90 bits per heavy atom. The third kappa shape index (κ3) is 4.00. The molecule has 1 aromatic carbocycles. The van der Waals surface area contributed by atoms with Crippen LogP contribution in [0.1, 0.15) is 108 Å². The first-order valence-electron chi connectivity index (χ1n) is 12.2. The number of aryl methyl sites for hydroxylation is 1. The smallest absolute Gasteiger partial charge is 0.00663 e. The van der Waals surface area contributed by atoms with Crippen LogP contribution in [0.15, 0.2) is 42.5 Å². The van der Waals surface area contributed by atoms with Gasteiger partial charge in [-0.3, -0.25) is 0 Å². The maximum absolute atomic E-state index is 4.31. The molecule has 30 heavy (non-hydrogen) atoms. The summed E-state index contributed by atoms with van der Waals surface area (Å²) >= 11 is 0. The molecule has 1 aromatic rings. The molecule has 1 saturated carbocycles. The minimum atomic E-state index is 0.209. The van der Waals surface area contributed by atoms with Crippen LogP contribution in [0.4, 0.5) is 0 Å². The molecule has 0 radical (unpaired) electrons. The first kappa shape index (κ1) is 23.1. The maximum Gasteiger partial charge on any atom is 0.00663 e. The lowest BCUT2D eigenvalue weighted by atomic mass is 9.44. The molecule has 3 atom stereocenters. The molecule has 0 aromatic heterocycles. The lowest BCUT2D eigenvalue weighted by molar-refractivity contribution is -0.0177. The summed E-state index contributed by atoms with van der Waals surface area (Å²) in [6.45, 7) is 25.1. The number of hydrogen-bond acceptors (Lipinski definition) is 0. The first-order valence-corrected chi connectivity index (χ1v) is 12.2. The standard InChI is InChI=1S/C30H44/c1-10-12-13-14-15-29(6,7)23-16-21(5)28(22(11-2)17-23)25-18-24(20(3)4)26-19-27(25)30(26,8)9/h11,16-18,25-27H,2-3,10,12-15,19H2,1,4-9H3/t25-,26?,27?/m0/s1. The van der Waals surface area contributed by atoms with Crippen LogP contribution in [-0.2, 0) is 5.41 Å². The van der Waals surface area contributed by atoms with E-state index < -0.39 is 0 Å². The van der Waals surface area contributed by atoms with Crippen molar-refractivity contribution >= 4 is 6.08 Å². The second kappa shape index (κ2) is 8.52. The number of unbranched alkanes of at least 4 members (excludes halogenated alkanes) is 3. The van der Waals surface area contributed by atoms with Gasteiger partial charge < -0.3 is 0 Å². The molecule has 0 N–H and O–H groups in total. The molecule has 2 unspecified atom stereocenters. The van der Waals surface area contributed by atoms with E-state index >= 15 is 0 Å². The minimum absolute atomic E-state index is 0.209. The minimum Gasteiger partial charge on any atom is -0.0985 e. The first-order chi connectivity index (χ1) is 14.0. The van der Waals surface area contributed by atoms with Gasteiger partial charge in [0.1, 0.15) is 0 Å². The summed E-state index contributed by atoms with van der Waals surface area (Å²) in [5.41, 5.74) is 9.08. The summed E-state index contributed by atoms with van der Waals surface area (Å²) in [7, 11) is 0. The molecule has 3 aliphatic carbocycles. The third-order valence-corrected chi connectivity index (χ3v) is 8.41. The lowest BCUT2D eigenvalue weighted by Gasteiger charge is -2.60. The summed E-state index contributed by atoms with van der Waals surface area (Å²) in [6.07, 6.45) is 12.5. The van der Waals surface area contributed by atoms with Gasteiger partial charge in [-0.25, -0.2) is 0 Å². The molecule has 0 nitrogen and oxygen atoms in total. The second-order valence-corrected chi connectivity index (χ2v) is 11.3. The third-order valence-electron chi connectivity index (χ3n) is 8.41. The van der Waals surface area contributed by atoms with Gasteiger partial charge in [0.25, 0.3) is 0 Å². The predicted octanol–water partition coefficient (Wildman–Crippen LogP) is 9.15. The van der Waals surface area contributed by atoms with Crippen molar-refractivity contribution in [1.82, 2.24) is 0 Å². The summed E-state index contributed by atoms with van der Waals surface area (Å²) in [4.78, 5) is 0. The van der Waals surface area contributed by atoms with Gasteiger partial charge >= 0.3 is 0 Å². The summed E-state index contributed by atoms with van der Waals surface area (Å²) in [5, 5.41) is 0. The van der Waals surface area contributed by atoms with Crippen LogP contribution >= 0.6 is 0 Å². The molecule has 0 saturated heterocycles. The van der Waals surface area contributed by atoms with E-state index in [1.165, 1.54) is 71.9 Å². The van der Waals surface area contributed by atoms with Gasteiger partial charge in [0.2, 0.25) is 0 Å². The Kier molecular flexibility index (Phi) is 6.57. The highest BCUT2D eigenvalue weighted by Crippen LogP contribution is 2.65. The zero-order valence-corrected chi connectivity index (χ0v) is 20.7. The summed E-state index contributed by atoms with van der Waals surface area (Å²) < 4.78 is 0.